The first-order valence-electron chi connectivity index (χ1n) is 5.73. The molecule has 4 N–H and O–H groups in total. The molecule has 1 rings (SSSR count). The average Bonchev–Trinajstić information content (AvgIpc) is 2.20. The summed E-state index contributed by atoms with van der Waals surface area (Å²) in [5, 5.41) is 38.9. The predicted octanol–water partition coefficient (Wildman–Crippen LogP) is -0.387. The van der Waals surface area contributed by atoms with Gasteiger partial charge in [0, 0.05) is 12.3 Å². The van der Waals surface area contributed by atoms with E-state index in [0.29, 0.717) is 6.42 Å². The second kappa shape index (κ2) is 4.98. The van der Waals surface area contributed by atoms with Crippen molar-refractivity contribution in [2.75, 3.05) is 0 Å². The molecule has 5 nitrogen and oxygen atoms in total. The smallest absolute Gasteiger partial charge is 0.165 e. The van der Waals surface area contributed by atoms with Crippen molar-refractivity contribution in [2.24, 2.45) is 5.92 Å². The largest absolute Gasteiger partial charge is 0.393 e. The average molecular weight is 234 g/mol. The summed E-state index contributed by atoms with van der Waals surface area (Å²) in [7, 11) is 0. The van der Waals surface area contributed by atoms with Gasteiger partial charge in [-0.1, -0.05) is 13.8 Å². The Kier molecular flexibility index (Phi) is 4.31. The summed E-state index contributed by atoms with van der Waals surface area (Å²) < 4.78 is 5.33. The molecule has 1 saturated heterocycles. The molecule has 0 aromatic heterocycles. The molecule has 96 valence electrons. The lowest BCUT2D eigenvalue weighted by atomic mass is 9.85. The number of aliphatic hydroxyl groups is 4. The fourth-order valence-corrected chi connectivity index (χ4v) is 2.08. The second-order valence-corrected chi connectivity index (χ2v) is 4.85. The number of ether oxygens (including phenoxy) is 1. The molecule has 6 atom stereocenters. The van der Waals surface area contributed by atoms with Crippen molar-refractivity contribution >= 4 is 0 Å². The first-order valence-corrected chi connectivity index (χ1v) is 5.73. The Morgan fingerprint density at radius 3 is 2.50 bits per heavy atom. The van der Waals surface area contributed by atoms with Gasteiger partial charge in [-0.25, -0.2) is 0 Å². The van der Waals surface area contributed by atoms with E-state index in [0.717, 1.165) is 0 Å². The van der Waals surface area contributed by atoms with Gasteiger partial charge in [-0.2, -0.15) is 0 Å². The van der Waals surface area contributed by atoms with Crippen LogP contribution in [0.3, 0.4) is 0 Å². The van der Waals surface area contributed by atoms with Gasteiger partial charge in [0.2, 0.25) is 0 Å². The van der Waals surface area contributed by atoms with Crippen LogP contribution in [0.15, 0.2) is 0 Å². The van der Waals surface area contributed by atoms with Crippen molar-refractivity contribution in [1.82, 2.24) is 0 Å². The number of aliphatic hydroxyl groups excluding tert-OH is 3. The summed E-state index contributed by atoms with van der Waals surface area (Å²) in [6, 6.07) is 0. The summed E-state index contributed by atoms with van der Waals surface area (Å²) in [6.07, 6.45) is -3.00. The van der Waals surface area contributed by atoms with E-state index in [4.69, 9.17) is 4.74 Å². The van der Waals surface area contributed by atoms with E-state index in [1.54, 1.807) is 13.8 Å². The molecule has 1 aliphatic heterocycles. The lowest BCUT2D eigenvalue weighted by molar-refractivity contribution is -0.300. The Morgan fingerprint density at radius 2 is 2.00 bits per heavy atom. The summed E-state index contributed by atoms with van der Waals surface area (Å²) >= 11 is 0. The summed E-state index contributed by atoms with van der Waals surface area (Å²) in [5.74, 6) is -1.78. The van der Waals surface area contributed by atoms with Crippen LogP contribution in [0.5, 0.6) is 0 Å². The SMILES string of the molecule is CCC(O)C(O)C1O[C@](C)(O)CC(O)[C@H]1C. The number of hydrogen-bond donors (Lipinski definition) is 4. The second-order valence-electron chi connectivity index (χ2n) is 4.85. The molecule has 0 aromatic carbocycles. The summed E-state index contributed by atoms with van der Waals surface area (Å²) in [4.78, 5) is 0. The van der Waals surface area contributed by atoms with Crippen molar-refractivity contribution in [3.63, 3.8) is 0 Å². The predicted molar refractivity (Wildman–Crippen MR) is 57.6 cm³/mol. The van der Waals surface area contributed by atoms with Gasteiger partial charge in [-0.05, 0) is 13.3 Å². The van der Waals surface area contributed by atoms with E-state index >= 15 is 0 Å². The molecule has 1 heterocycles. The van der Waals surface area contributed by atoms with Gasteiger partial charge in [0.25, 0.3) is 0 Å². The van der Waals surface area contributed by atoms with Gasteiger partial charge in [0.1, 0.15) is 6.10 Å². The molecule has 4 unspecified atom stereocenters. The van der Waals surface area contributed by atoms with Crippen LogP contribution in [-0.4, -0.2) is 50.6 Å². The first kappa shape index (κ1) is 13.9. The van der Waals surface area contributed by atoms with Crippen molar-refractivity contribution in [1.29, 1.82) is 0 Å². The molecule has 0 bridgehead atoms. The first-order chi connectivity index (χ1) is 7.28. The molecule has 0 aliphatic carbocycles. The normalized spacial score (nSPS) is 44.1. The summed E-state index contributed by atoms with van der Waals surface area (Å²) in [5.41, 5.74) is 0. The third-order valence-corrected chi connectivity index (χ3v) is 3.25. The van der Waals surface area contributed by atoms with E-state index in [-0.39, 0.29) is 12.3 Å². The van der Waals surface area contributed by atoms with Crippen molar-refractivity contribution < 1.29 is 25.2 Å². The summed E-state index contributed by atoms with van der Waals surface area (Å²) in [6.45, 7) is 4.92. The molecular formula is C11H22O5. The topological polar surface area (TPSA) is 90.2 Å². The van der Waals surface area contributed by atoms with Crippen LogP contribution in [0.1, 0.15) is 33.6 Å². The highest BCUT2D eigenvalue weighted by Crippen LogP contribution is 2.33. The van der Waals surface area contributed by atoms with Gasteiger partial charge in [0.15, 0.2) is 5.79 Å². The zero-order valence-electron chi connectivity index (χ0n) is 10.00. The van der Waals surface area contributed by atoms with E-state index in [1.165, 1.54) is 6.92 Å². The fourth-order valence-electron chi connectivity index (χ4n) is 2.08. The molecule has 1 fully saturated rings. The maximum atomic E-state index is 9.87. The highest BCUT2D eigenvalue weighted by atomic mass is 16.6. The lowest BCUT2D eigenvalue weighted by Crippen LogP contribution is -2.55. The molecule has 0 spiro atoms. The third-order valence-electron chi connectivity index (χ3n) is 3.25. The van der Waals surface area contributed by atoms with Crippen LogP contribution < -0.4 is 0 Å². The quantitative estimate of drug-likeness (QED) is 0.534. The Hall–Kier alpha value is -0.200. The Labute approximate surface area is 95.7 Å². The highest BCUT2D eigenvalue weighted by Gasteiger charge is 2.45. The van der Waals surface area contributed by atoms with Crippen LogP contribution in [-0.2, 0) is 4.74 Å². The zero-order chi connectivity index (χ0) is 12.5. The van der Waals surface area contributed by atoms with Crippen molar-refractivity contribution in [2.45, 2.75) is 63.8 Å². The Bertz CT molecular complexity index is 230. The highest BCUT2D eigenvalue weighted by molar-refractivity contribution is 4.90. The van der Waals surface area contributed by atoms with E-state index in [1.807, 2.05) is 0 Å². The molecule has 0 radical (unpaired) electrons. The van der Waals surface area contributed by atoms with Crippen molar-refractivity contribution in [3.05, 3.63) is 0 Å². The van der Waals surface area contributed by atoms with Gasteiger partial charge in [0.05, 0.1) is 18.3 Å². The number of rotatable bonds is 3. The Morgan fingerprint density at radius 1 is 1.44 bits per heavy atom. The van der Waals surface area contributed by atoms with E-state index < -0.39 is 30.2 Å². The van der Waals surface area contributed by atoms with Crippen LogP contribution in [0.4, 0.5) is 0 Å². The molecule has 5 heteroatoms. The van der Waals surface area contributed by atoms with Crippen LogP contribution in [0.25, 0.3) is 0 Å². The molecule has 0 amide bonds. The molecule has 0 saturated carbocycles. The van der Waals surface area contributed by atoms with Crippen molar-refractivity contribution in [3.8, 4) is 0 Å². The Balaban J connectivity index is 2.77. The minimum atomic E-state index is -1.45. The lowest BCUT2D eigenvalue weighted by Gasteiger charge is -2.44. The van der Waals surface area contributed by atoms with Gasteiger partial charge in [-0.15, -0.1) is 0 Å². The van der Waals surface area contributed by atoms with Gasteiger partial charge in [-0.3, -0.25) is 0 Å². The molecule has 1 aliphatic rings. The molecular weight excluding hydrogens is 212 g/mol. The van der Waals surface area contributed by atoms with Crippen LogP contribution in [0, 0.1) is 5.92 Å². The molecule has 16 heavy (non-hydrogen) atoms. The zero-order valence-corrected chi connectivity index (χ0v) is 10.00. The maximum absolute atomic E-state index is 9.87. The number of hydrogen-bond acceptors (Lipinski definition) is 5. The van der Waals surface area contributed by atoms with Gasteiger partial charge < -0.3 is 25.2 Å². The monoisotopic (exact) mass is 234 g/mol. The minimum Gasteiger partial charge on any atom is -0.393 e. The van der Waals surface area contributed by atoms with Crippen LogP contribution >= 0.6 is 0 Å². The third kappa shape index (κ3) is 2.93. The fraction of sp³-hybridized carbons (Fsp3) is 1.00. The van der Waals surface area contributed by atoms with E-state index in [2.05, 4.69) is 0 Å². The van der Waals surface area contributed by atoms with Crippen LogP contribution in [0.2, 0.25) is 0 Å². The maximum Gasteiger partial charge on any atom is 0.165 e. The standard InChI is InChI=1S/C11H22O5/c1-4-7(12)9(14)10-6(2)8(13)5-11(3,15)16-10/h6-10,12-15H,4-5H2,1-3H3/t6-,7?,8?,9?,10?,11+/m1/s1. The van der Waals surface area contributed by atoms with Gasteiger partial charge >= 0.3 is 0 Å². The molecule has 0 aromatic rings. The minimum absolute atomic E-state index is 0.111. The van der Waals surface area contributed by atoms with E-state index in [9.17, 15) is 20.4 Å².